The Morgan fingerprint density at radius 3 is 2.37 bits per heavy atom. The third-order valence-corrected chi connectivity index (χ3v) is 3.71. The van der Waals surface area contributed by atoms with Gasteiger partial charge in [0, 0.05) is 35.5 Å². The van der Waals surface area contributed by atoms with E-state index in [9.17, 15) is 9.59 Å². The maximum Gasteiger partial charge on any atom is 0.251 e. The smallest absolute Gasteiger partial charge is 0.251 e. The van der Waals surface area contributed by atoms with Gasteiger partial charge in [0.2, 0.25) is 11.8 Å². The van der Waals surface area contributed by atoms with Crippen LogP contribution in [0.25, 0.3) is 0 Å². The zero-order chi connectivity index (χ0) is 20.0. The molecule has 7 nitrogen and oxygen atoms in total. The van der Waals surface area contributed by atoms with Crippen LogP contribution in [-0.4, -0.2) is 27.5 Å². The molecule has 0 aliphatic carbocycles. The minimum Gasteiger partial charge on any atom is -0.347 e. The maximum absolute atomic E-state index is 12.1. The number of aryl methyl sites for hydroxylation is 1. The van der Waals surface area contributed by atoms with Crippen LogP contribution in [0.1, 0.15) is 75.5 Å². The number of amides is 2. The molecular weight excluding hydrogens is 344 g/mol. The number of rotatable bonds is 7. The number of aromatic nitrogens is 2. The van der Waals surface area contributed by atoms with Gasteiger partial charge in [-0.1, -0.05) is 19.0 Å². The number of nitrogens with one attached hydrogen (secondary N) is 2. The Hall–Kier alpha value is -2.70. The van der Waals surface area contributed by atoms with Crippen LogP contribution in [0, 0.1) is 0 Å². The minimum atomic E-state index is -0.293. The van der Waals surface area contributed by atoms with E-state index in [4.69, 9.17) is 4.52 Å². The van der Waals surface area contributed by atoms with Gasteiger partial charge < -0.3 is 15.2 Å². The van der Waals surface area contributed by atoms with Gasteiger partial charge in [-0.05, 0) is 51.5 Å². The fraction of sp³-hybridized carbons (Fsp3) is 0.500. The van der Waals surface area contributed by atoms with Crippen LogP contribution >= 0.6 is 0 Å². The topological polar surface area (TPSA) is 97.1 Å². The standard InChI is InChI=1S/C20H28N4O3/c1-13(2)18-22-17(27-24-18)8-6-7-16(25)21-15-11-9-14(10-12-15)19(26)23-20(3,4)5/h9-13H,6-8H2,1-5H3,(H,21,25)(H,23,26). The number of hydrogen-bond donors (Lipinski definition) is 2. The van der Waals surface area contributed by atoms with Gasteiger partial charge in [0.1, 0.15) is 0 Å². The lowest BCUT2D eigenvalue weighted by atomic mass is 10.1. The van der Waals surface area contributed by atoms with Crippen molar-refractivity contribution in [3.8, 4) is 0 Å². The van der Waals surface area contributed by atoms with E-state index < -0.39 is 0 Å². The molecule has 0 atom stereocenters. The van der Waals surface area contributed by atoms with Crippen molar-refractivity contribution in [2.45, 2.75) is 65.3 Å². The molecule has 2 rings (SSSR count). The Balaban J connectivity index is 1.79. The molecule has 1 heterocycles. The highest BCUT2D eigenvalue weighted by atomic mass is 16.5. The van der Waals surface area contributed by atoms with Crippen molar-refractivity contribution >= 4 is 17.5 Å². The monoisotopic (exact) mass is 372 g/mol. The Morgan fingerprint density at radius 2 is 1.81 bits per heavy atom. The zero-order valence-electron chi connectivity index (χ0n) is 16.6. The second kappa shape index (κ2) is 8.79. The van der Waals surface area contributed by atoms with Crippen molar-refractivity contribution in [2.75, 3.05) is 5.32 Å². The number of anilines is 1. The van der Waals surface area contributed by atoms with Crippen LogP contribution in [0.3, 0.4) is 0 Å². The van der Waals surface area contributed by atoms with Gasteiger partial charge >= 0.3 is 0 Å². The fourth-order valence-electron chi connectivity index (χ4n) is 2.35. The van der Waals surface area contributed by atoms with Gasteiger partial charge in [-0.3, -0.25) is 9.59 Å². The number of nitrogens with zero attached hydrogens (tertiary/aromatic N) is 2. The van der Waals surface area contributed by atoms with Gasteiger partial charge in [-0.15, -0.1) is 0 Å². The second-order valence-corrected chi connectivity index (χ2v) is 7.88. The lowest BCUT2D eigenvalue weighted by Crippen LogP contribution is -2.40. The first-order valence-electron chi connectivity index (χ1n) is 9.19. The molecule has 0 bridgehead atoms. The lowest BCUT2D eigenvalue weighted by Gasteiger charge is -2.20. The van der Waals surface area contributed by atoms with E-state index in [1.165, 1.54) is 0 Å². The molecule has 2 N–H and O–H groups in total. The molecule has 146 valence electrons. The summed E-state index contributed by atoms with van der Waals surface area (Å²) in [6, 6.07) is 6.84. The van der Waals surface area contributed by atoms with E-state index in [0.717, 1.165) is 0 Å². The quantitative estimate of drug-likeness (QED) is 0.773. The molecule has 0 unspecified atom stereocenters. The summed E-state index contributed by atoms with van der Waals surface area (Å²) in [5.74, 6) is 1.23. The lowest BCUT2D eigenvalue weighted by molar-refractivity contribution is -0.116. The largest absolute Gasteiger partial charge is 0.347 e. The molecule has 2 aromatic rings. The summed E-state index contributed by atoms with van der Waals surface area (Å²) >= 11 is 0. The molecule has 0 aliphatic rings. The van der Waals surface area contributed by atoms with E-state index in [-0.39, 0.29) is 23.3 Å². The van der Waals surface area contributed by atoms with E-state index >= 15 is 0 Å². The van der Waals surface area contributed by atoms with Crippen LogP contribution in [0.2, 0.25) is 0 Å². The molecule has 7 heteroatoms. The predicted molar refractivity (Wildman–Crippen MR) is 104 cm³/mol. The SMILES string of the molecule is CC(C)c1noc(CCCC(=O)Nc2ccc(C(=O)NC(C)(C)C)cc2)n1. The van der Waals surface area contributed by atoms with Gasteiger partial charge in [0.05, 0.1) is 0 Å². The molecule has 0 spiro atoms. The highest BCUT2D eigenvalue weighted by Crippen LogP contribution is 2.13. The van der Waals surface area contributed by atoms with E-state index in [1.54, 1.807) is 24.3 Å². The Morgan fingerprint density at radius 1 is 1.15 bits per heavy atom. The molecule has 0 radical (unpaired) electrons. The third kappa shape index (κ3) is 6.84. The van der Waals surface area contributed by atoms with Crippen molar-refractivity contribution in [3.05, 3.63) is 41.5 Å². The van der Waals surface area contributed by atoms with Gasteiger partial charge in [-0.2, -0.15) is 4.98 Å². The second-order valence-electron chi connectivity index (χ2n) is 7.88. The molecule has 0 saturated heterocycles. The molecule has 1 aromatic heterocycles. The summed E-state index contributed by atoms with van der Waals surface area (Å²) in [5.41, 5.74) is 0.922. The van der Waals surface area contributed by atoms with Crippen LogP contribution in [0.15, 0.2) is 28.8 Å². The summed E-state index contributed by atoms with van der Waals surface area (Å²) in [6.07, 6.45) is 1.54. The van der Waals surface area contributed by atoms with Crippen LogP contribution < -0.4 is 10.6 Å². The Kier molecular flexibility index (Phi) is 6.71. The zero-order valence-corrected chi connectivity index (χ0v) is 16.6. The Bertz CT molecular complexity index is 773. The molecule has 0 saturated carbocycles. The highest BCUT2D eigenvalue weighted by Gasteiger charge is 2.15. The van der Waals surface area contributed by atoms with Gasteiger partial charge in [-0.25, -0.2) is 0 Å². The molecular formula is C20H28N4O3. The highest BCUT2D eigenvalue weighted by molar-refractivity contribution is 5.96. The normalized spacial score (nSPS) is 11.5. The number of hydrogen-bond acceptors (Lipinski definition) is 5. The number of carbonyl (C=O) groups excluding carboxylic acids is 2. The fourth-order valence-corrected chi connectivity index (χ4v) is 2.35. The molecule has 0 aliphatic heterocycles. The van der Waals surface area contributed by atoms with E-state index in [1.807, 2.05) is 34.6 Å². The summed E-state index contributed by atoms with van der Waals surface area (Å²) < 4.78 is 5.17. The van der Waals surface area contributed by atoms with Crippen molar-refractivity contribution in [3.63, 3.8) is 0 Å². The first kappa shape index (κ1) is 20.6. The first-order chi connectivity index (χ1) is 12.6. The predicted octanol–water partition coefficient (Wildman–Crippen LogP) is 3.68. The average molecular weight is 372 g/mol. The van der Waals surface area contributed by atoms with Crippen molar-refractivity contribution < 1.29 is 14.1 Å². The number of benzene rings is 1. The van der Waals surface area contributed by atoms with Gasteiger partial charge in [0.25, 0.3) is 5.91 Å². The third-order valence-electron chi connectivity index (χ3n) is 3.71. The Labute approximate surface area is 159 Å². The maximum atomic E-state index is 12.1. The van der Waals surface area contributed by atoms with Crippen molar-refractivity contribution in [1.82, 2.24) is 15.5 Å². The summed E-state index contributed by atoms with van der Waals surface area (Å²) in [7, 11) is 0. The molecule has 1 aromatic carbocycles. The molecule has 2 amide bonds. The van der Waals surface area contributed by atoms with Gasteiger partial charge in [0.15, 0.2) is 5.82 Å². The van der Waals surface area contributed by atoms with Crippen molar-refractivity contribution in [1.29, 1.82) is 0 Å². The van der Waals surface area contributed by atoms with E-state index in [2.05, 4.69) is 20.8 Å². The number of carbonyl (C=O) groups is 2. The van der Waals surface area contributed by atoms with Crippen molar-refractivity contribution in [2.24, 2.45) is 0 Å². The molecule has 0 fully saturated rings. The summed E-state index contributed by atoms with van der Waals surface area (Å²) in [6.45, 7) is 9.78. The summed E-state index contributed by atoms with van der Waals surface area (Å²) in [4.78, 5) is 28.5. The van der Waals surface area contributed by atoms with Crippen LogP contribution in [-0.2, 0) is 11.2 Å². The average Bonchev–Trinajstić information content (AvgIpc) is 3.03. The van der Waals surface area contributed by atoms with E-state index in [0.29, 0.717) is 42.2 Å². The minimum absolute atomic E-state index is 0.0921. The first-order valence-corrected chi connectivity index (χ1v) is 9.19. The van der Waals surface area contributed by atoms with Crippen LogP contribution in [0.4, 0.5) is 5.69 Å². The summed E-state index contributed by atoms with van der Waals surface area (Å²) in [5, 5.41) is 9.64. The van der Waals surface area contributed by atoms with Crippen LogP contribution in [0.5, 0.6) is 0 Å². The molecule has 27 heavy (non-hydrogen) atoms.